The van der Waals surface area contributed by atoms with Crippen molar-refractivity contribution in [2.45, 2.75) is 341 Å². The van der Waals surface area contributed by atoms with Crippen LogP contribution in [0.2, 0.25) is 0 Å². The Bertz CT molecular complexity index is 1120. The van der Waals surface area contributed by atoms with Crippen molar-refractivity contribution in [3.63, 3.8) is 0 Å². The van der Waals surface area contributed by atoms with E-state index in [2.05, 4.69) is 43.5 Å². The second-order valence-corrected chi connectivity index (χ2v) is 21.1. The molecule has 0 saturated carbocycles. The second-order valence-electron chi connectivity index (χ2n) is 21.1. The SMILES string of the molecule is CCCCCCCCCCCCCCCCCCCC/C=C/C(O)C(CO)NC(=O)CCCCCCCC/C=C\C=C/CCCCCOC(=O)CCCCCCCCCCCCCCCCCCC. The number of nitrogens with one attached hydrogen (secondary N) is 1. The van der Waals surface area contributed by atoms with Gasteiger partial charge in [0.15, 0.2) is 0 Å². The van der Waals surface area contributed by atoms with Gasteiger partial charge < -0.3 is 20.3 Å². The first-order chi connectivity index (χ1) is 34.0. The molecule has 6 heteroatoms. The Morgan fingerprint density at radius 2 is 0.710 bits per heavy atom. The molecule has 0 spiro atoms. The molecular formula is C63H119NO5. The molecule has 0 bridgehead atoms. The molecule has 0 aliphatic heterocycles. The number of carbonyl (C=O) groups is 2. The van der Waals surface area contributed by atoms with Gasteiger partial charge in [-0.15, -0.1) is 0 Å². The molecule has 0 heterocycles. The molecule has 0 aromatic heterocycles. The summed E-state index contributed by atoms with van der Waals surface area (Å²) in [5.41, 5.74) is 0. The molecule has 0 fully saturated rings. The Labute approximate surface area is 430 Å². The molecule has 3 N–H and O–H groups in total. The van der Waals surface area contributed by atoms with E-state index in [1.807, 2.05) is 6.08 Å². The lowest BCUT2D eigenvalue weighted by Crippen LogP contribution is -2.45. The van der Waals surface area contributed by atoms with Crippen LogP contribution in [0.25, 0.3) is 0 Å². The highest BCUT2D eigenvalue weighted by molar-refractivity contribution is 5.76. The Kier molecular flexibility index (Phi) is 57.0. The zero-order chi connectivity index (χ0) is 50.0. The maximum Gasteiger partial charge on any atom is 0.305 e. The lowest BCUT2D eigenvalue weighted by molar-refractivity contribution is -0.143. The quantitative estimate of drug-likeness (QED) is 0.0244. The number of aliphatic hydroxyl groups is 2. The molecule has 0 saturated heterocycles. The zero-order valence-electron chi connectivity index (χ0n) is 46.3. The van der Waals surface area contributed by atoms with Gasteiger partial charge in [-0.2, -0.15) is 0 Å². The largest absolute Gasteiger partial charge is 0.466 e. The van der Waals surface area contributed by atoms with Gasteiger partial charge in [0, 0.05) is 12.8 Å². The van der Waals surface area contributed by atoms with E-state index in [0.717, 1.165) is 77.0 Å². The number of esters is 1. The minimum absolute atomic E-state index is 0.0186. The van der Waals surface area contributed by atoms with Gasteiger partial charge >= 0.3 is 5.97 Å². The average Bonchev–Trinajstić information content (AvgIpc) is 3.35. The van der Waals surface area contributed by atoms with E-state index >= 15 is 0 Å². The van der Waals surface area contributed by atoms with Crippen LogP contribution in [-0.4, -0.2) is 47.4 Å². The number of hydrogen-bond donors (Lipinski definition) is 3. The van der Waals surface area contributed by atoms with Crippen molar-refractivity contribution in [1.29, 1.82) is 0 Å². The summed E-state index contributed by atoms with van der Waals surface area (Å²) in [7, 11) is 0. The first kappa shape index (κ1) is 67.1. The van der Waals surface area contributed by atoms with Crippen molar-refractivity contribution in [3.05, 3.63) is 36.5 Å². The fourth-order valence-corrected chi connectivity index (χ4v) is 9.45. The number of hydrogen-bond acceptors (Lipinski definition) is 5. The number of unbranched alkanes of at least 4 members (excludes halogenated alkanes) is 43. The van der Waals surface area contributed by atoms with E-state index in [9.17, 15) is 19.8 Å². The first-order valence-corrected chi connectivity index (χ1v) is 30.8. The lowest BCUT2D eigenvalue weighted by Gasteiger charge is -2.20. The lowest BCUT2D eigenvalue weighted by atomic mass is 10.0. The van der Waals surface area contributed by atoms with Crippen molar-refractivity contribution in [3.8, 4) is 0 Å². The van der Waals surface area contributed by atoms with Crippen LogP contribution in [0.4, 0.5) is 0 Å². The van der Waals surface area contributed by atoms with E-state index in [1.54, 1.807) is 6.08 Å². The fourth-order valence-electron chi connectivity index (χ4n) is 9.45. The van der Waals surface area contributed by atoms with Crippen LogP contribution in [0.15, 0.2) is 36.5 Å². The van der Waals surface area contributed by atoms with Crippen LogP contribution >= 0.6 is 0 Å². The van der Waals surface area contributed by atoms with E-state index in [-0.39, 0.29) is 18.5 Å². The van der Waals surface area contributed by atoms with Crippen LogP contribution in [0, 0.1) is 0 Å². The second kappa shape index (κ2) is 58.6. The van der Waals surface area contributed by atoms with Crippen LogP contribution in [0.5, 0.6) is 0 Å². The topological polar surface area (TPSA) is 95.9 Å². The molecule has 2 atom stereocenters. The summed E-state index contributed by atoms with van der Waals surface area (Å²) in [6, 6.07) is -0.645. The number of allylic oxidation sites excluding steroid dienone is 5. The third-order valence-corrected chi connectivity index (χ3v) is 14.2. The average molecular weight is 971 g/mol. The van der Waals surface area contributed by atoms with Crippen molar-refractivity contribution in [1.82, 2.24) is 5.32 Å². The first-order valence-electron chi connectivity index (χ1n) is 30.8. The Hall–Kier alpha value is -1.92. The maximum absolute atomic E-state index is 12.5. The van der Waals surface area contributed by atoms with Crippen molar-refractivity contribution in [2.24, 2.45) is 0 Å². The van der Waals surface area contributed by atoms with Crippen molar-refractivity contribution in [2.75, 3.05) is 13.2 Å². The van der Waals surface area contributed by atoms with Gasteiger partial charge in [0.05, 0.1) is 25.4 Å². The molecule has 0 aliphatic carbocycles. The molecule has 6 nitrogen and oxygen atoms in total. The summed E-state index contributed by atoms with van der Waals surface area (Å²) in [5.74, 6) is -0.107. The Morgan fingerprint density at radius 3 is 1.07 bits per heavy atom. The van der Waals surface area contributed by atoms with Crippen LogP contribution in [0.1, 0.15) is 328 Å². The van der Waals surface area contributed by atoms with Crippen LogP contribution in [-0.2, 0) is 14.3 Å². The van der Waals surface area contributed by atoms with Crippen LogP contribution < -0.4 is 5.32 Å². The van der Waals surface area contributed by atoms with Crippen molar-refractivity contribution >= 4 is 11.9 Å². The van der Waals surface area contributed by atoms with Gasteiger partial charge in [0.2, 0.25) is 5.91 Å². The number of aliphatic hydroxyl groups excluding tert-OH is 2. The third-order valence-electron chi connectivity index (χ3n) is 14.2. The third kappa shape index (κ3) is 55.2. The molecule has 0 rings (SSSR count). The normalized spacial score (nSPS) is 12.8. The molecule has 69 heavy (non-hydrogen) atoms. The van der Waals surface area contributed by atoms with Gasteiger partial charge in [0.1, 0.15) is 0 Å². The minimum atomic E-state index is -0.860. The predicted molar refractivity (Wildman–Crippen MR) is 301 cm³/mol. The van der Waals surface area contributed by atoms with Gasteiger partial charge in [-0.1, -0.05) is 288 Å². The van der Waals surface area contributed by atoms with E-state index < -0.39 is 12.1 Å². The number of amides is 1. The smallest absolute Gasteiger partial charge is 0.305 e. The summed E-state index contributed by atoms with van der Waals surface area (Å²) >= 11 is 0. The van der Waals surface area contributed by atoms with Crippen molar-refractivity contribution < 1.29 is 24.5 Å². The van der Waals surface area contributed by atoms with E-state index in [0.29, 0.717) is 19.4 Å². The monoisotopic (exact) mass is 970 g/mol. The predicted octanol–water partition coefficient (Wildman–Crippen LogP) is 19.2. The highest BCUT2D eigenvalue weighted by Crippen LogP contribution is 2.17. The van der Waals surface area contributed by atoms with Crippen LogP contribution in [0.3, 0.4) is 0 Å². The van der Waals surface area contributed by atoms with Gasteiger partial charge in [0.25, 0.3) is 0 Å². The number of rotatable bonds is 57. The minimum Gasteiger partial charge on any atom is -0.466 e. The molecule has 1 amide bonds. The summed E-state index contributed by atoms with van der Waals surface area (Å²) < 4.78 is 5.46. The Morgan fingerprint density at radius 1 is 0.406 bits per heavy atom. The number of ether oxygens (including phenoxy) is 1. The zero-order valence-corrected chi connectivity index (χ0v) is 46.3. The van der Waals surface area contributed by atoms with E-state index in [1.165, 1.54) is 225 Å². The summed E-state index contributed by atoms with van der Waals surface area (Å²) in [4.78, 5) is 24.6. The Balaban J connectivity index is 3.53. The highest BCUT2D eigenvalue weighted by atomic mass is 16.5. The molecular weight excluding hydrogens is 851 g/mol. The molecule has 0 aliphatic rings. The van der Waals surface area contributed by atoms with E-state index in [4.69, 9.17) is 4.74 Å². The summed E-state index contributed by atoms with van der Waals surface area (Å²) in [6.07, 6.45) is 73.2. The molecule has 0 radical (unpaired) electrons. The highest BCUT2D eigenvalue weighted by Gasteiger charge is 2.18. The standard InChI is InChI=1S/C63H119NO5/c1-3-5-7-9-11-13-15-17-19-21-22-23-25-27-31-35-39-43-47-51-55-61(66)60(59-65)64-62(67)56-52-48-44-40-36-32-28-26-30-34-38-42-46-50-54-58-69-63(68)57-53-49-45-41-37-33-29-24-20-18-16-14-12-10-8-6-4-2/h26,30,34,38,51,55,60-61,65-66H,3-25,27-29,31-33,35-37,39-50,52-54,56-59H2,1-2H3,(H,64,67)/b30-26-,38-34-,55-51+. The fraction of sp³-hybridized carbons (Fsp3) is 0.873. The number of carbonyl (C=O) groups excluding carboxylic acids is 2. The summed E-state index contributed by atoms with van der Waals surface area (Å²) in [5, 5.41) is 23.2. The molecule has 0 aromatic carbocycles. The van der Waals surface area contributed by atoms with Gasteiger partial charge in [-0.25, -0.2) is 0 Å². The maximum atomic E-state index is 12.5. The summed E-state index contributed by atoms with van der Waals surface area (Å²) in [6.45, 7) is 4.87. The molecule has 2 unspecified atom stereocenters. The van der Waals surface area contributed by atoms with Gasteiger partial charge in [-0.3, -0.25) is 9.59 Å². The molecule has 406 valence electrons. The van der Waals surface area contributed by atoms with Gasteiger partial charge in [-0.05, 0) is 64.2 Å². The molecule has 0 aromatic rings.